The molecule has 4 heterocycles. The first-order chi connectivity index (χ1) is 15.1. The largest absolute Gasteiger partial charge is 0.392 e. The zero-order valence-electron chi connectivity index (χ0n) is 15.9. The van der Waals surface area contributed by atoms with E-state index in [1.807, 2.05) is 0 Å². The lowest BCUT2D eigenvalue weighted by atomic mass is 10.1. The molecule has 0 amide bonds. The number of rotatable bonds is 5. The van der Waals surface area contributed by atoms with Gasteiger partial charge < -0.3 is 14.2 Å². The maximum Gasteiger partial charge on any atom is 0.277 e. The number of aliphatic hydroxyl groups excluding tert-OH is 1. The number of aliphatic hydroxyl groups is 1. The average molecular weight is 419 g/mol. The maximum absolute atomic E-state index is 13.7. The van der Waals surface area contributed by atoms with Gasteiger partial charge in [0.15, 0.2) is 0 Å². The molecule has 0 aliphatic heterocycles. The second kappa shape index (κ2) is 7.54. The minimum Gasteiger partial charge on any atom is -0.392 e. The second-order valence-corrected chi connectivity index (χ2v) is 6.62. The molecule has 1 aromatic carbocycles. The summed E-state index contributed by atoms with van der Waals surface area (Å²) in [7, 11) is 0. The van der Waals surface area contributed by atoms with E-state index in [0.717, 1.165) is 0 Å². The Balaban J connectivity index is 1.55. The maximum atomic E-state index is 13.7. The number of hydrogen-bond acceptors (Lipinski definition) is 8. The van der Waals surface area contributed by atoms with Crippen LogP contribution >= 0.6 is 0 Å². The highest BCUT2D eigenvalue weighted by Gasteiger charge is 2.19. The number of fused-ring (bicyclic) bond motifs is 1. The van der Waals surface area contributed by atoms with Crippen LogP contribution in [0.2, 0.25) is 0 Å². The summed E-state index contributed by atoms with van der Waals surface area (Å²) < 4.78 is 21.6. The van der Waals surface area contributed by atoms with Crippen molar-refractivity contribution in [2.45, 2.75) is 13.2 Å². The molecule has 31 heavy (non-hydrogen) atoms. The van der Waals surface area contributed by atoms with Crippen LogP contribution in [0.4, 0.5) is 4.39 Å². The van der Waals surface area contributed by atoms with Crippen molar-refractivity contribution in [3.8, 4) is 22.8 Å². The van der Waals surface area contributed by atoms with Gasteiger partial charge in [0.25, 0.3) is 5.56 Å². The van der Waals surface area contributed by atoms with Gasteiger partial charge in [-0.15, -0.1) is 0 Å². The molecule has 0 saturated carbocycles. The van der Waals surface area contributed by atoms with Crippen LogP contribution < -0.4 is 5.56 Å². The van der Waals surface area contributed by atoms with E-state index in [-0.39, 0.29) is 23.8 Å². The van der Waals surface area contributed by atoms with Crippen molar-refractivity contribution >= 4 is 5.52 Å². The van der Waals surface area contributed by atoms with E-state index in [4.69, 9.17) is 4.52 Å². The minimum absolute atomic E-state index is 0.00788. The number of nitrogens with zero attached hydrogens (tertiary/aromatic N) is 7. The molecule has 5 aromatic rings. The second-order valence-electron chi connectivity index (χ2n) is 6.62. The monoisotopic (exact) mass is 419 g/mol. The third kappa shape index (κ3) is 3.36. The van der Waals surface area contributed by atoms with Crippen molar-refractivity contribution in [2.24, 2.45) is 0 Å². The highest BCUT2D eigenvalue weighted by Crippen LogP contribution is 2.25. The van der Waals surface area contributed by atoms with Gasteiger partial charge in [-0.3, -0.25) is 9.78 Å². The molecule has 0 aliphatic rings. The molecule has 0 fully saturated rings. The Morgan fingerprint density at radius 3 is 2.87 bits per heavy atom. The quantitative estimate of drug-likeness (QED) is 0.456. The molecule has 0 unspecified atom stereocenters. The number of benzene rings is 1. The van der Waals surface area contributed by atoms with Gasteiger partial charge in [-0.05, 0) is 12.1 Å². The molecule has 11 heteroatoms. The van der Waals surface area contributed by atoms with Crippen LogP contribution in [0.3, 0.4) is 0 Å². The third-order valence-corrected chi connectivity index (χ3v) is 4.68. The number of hydrogen-bond donors (Lipinski definition) is 1. The Morgan fingerprint density at radius 2 is 2.10 bits per heavy atom. The molecule has 154 valence electrons. The summed E-state index contributed by atoms with van der Waals surface area (Å²) >= 11 is 0. The summed E-state index contributed by atoms with van der Waals surface area (Å²) in [6, 6.07) is 5.81. The molecule has 0 spiro atoms. The van der Waals surface area contributed by atoms with Crippen molar-refractivity contribution in [3.05, 3.63) is 82.9 Å². The summed E-state index contributed by atoms with van der Waals surface area (Å²) in [5.74, 6) is 0.0136. The van der Waals surface area contributed by atoms with E-state index in [1.54, 1.807) is 18.3 Å². The summed E-state index contributed by atoms with van der Waals surface area (Å²) in [6.45, 7) is -0.431. The van der Waals surface area contributed by atoms with Crippen molar-refractivity contribution in [3.63, 3.8) is 0 Å². The minimum atomic E-state index is -0.439. The van der Waals surface area contributed by atoms with Crippen molar-refractivity contribution in [2.75, 3.05) is 0 Å². The fourth-order valence-corrected chi connectivity index (χ4v) is 3.28. The van der Waals surface area contributed by atoms with E-state index in [2.05, 4.69) is 25.2 Å². The van der Waals surface area contributed by atoms with Crippen LogP contribution in [-0.2, 0) is 13.2 Å². The zero-order valence-corrected chi connectivity index (χ0v) is 15.9. The molecular weight excluding hydrogens is 405 g/mol. The normalized spacial score (nSPS) is 11.3. The first kappa shape index (κ1) is 18.8. The lowest BCUT2D eigenvalue weighted by molar-refractivity contribution is 0.283. The fourth-order valence-electron chi connectivity index (χ4n) is 3.28. The molecule has 0 radical (unpaired) electrons. The standard InChI is InChI=1S/C20H14FN7O3/c21-13-3-1-2-12(8-13)17-14(11-29)18-20(30)27(6-7-28(18)25-17)10-16-24-19(26-31-16)15-9-22-4-5-23-15/h1-9,29H,10-11H2. The van der Waals surface area contributed by atoms with Crippen LogP contribution in [0.1, 0.15) is 11.5 Å². The fraction of sp³-hybridized carbons (Fsp3) is 0.100. The molecule has 10 nitrogen and oxygen atoms in total. The Morgan fingerprint density at radius 1 is 1.19 bits per heavy atom. The molecule has 5 rings (SSSR count). The van der Waals surface area contributed by atoms with Crippen LogP contribution in [0.15, 0.2) is 64.6 Å². The summed E-state index contributed by atoms with van der Waals surface area (Å²) in [5, 5.41) is 18.1. The van der Waals surface area contributed by atoms with Gasteiger partial charge in [0, 0.05) is 35.9 Å². The van der Waals surface area contributed by atoms with Gasteiger partial charge in [0.2, 0.25) is 11.7 Å². The first-order valence-corrected chi connectivity index (χ1v) is 9.20. The van der Waals surface area contributed by atoms with Gasteiger partial charge >= 0.3 is 0 Å². The van der Waals surface area contributed by atoms with Crippen LogP contribution in [0.5, 0.6) is 0 Å². The Hall–Kier alpha value is -4.25. The first-order valence-electron chi connectivity index (χ1n) is 9.20. The van der Waals surface area contributed by atoms with E-state index >= 15 is 0 Å². The highest BCUT2D eigenvalue weighted by molar-refractivity contribution is 5.72. The summed E-state index contributed by atoms with van der Waals surface area (Å²) in [5.41, 5.74) is 1.30. The summed E-state index contributed by atoms with van der Waals surface area (Å²) in [6.07, 6.45) is 7.63. The number of halogens is 1. The molecule has 0 bridgehead atoms. The Kier molecular flexibility index (Phi) is 4.56. The van der Waals surface area contributed by atoms with E-state index in [1.165, 1.54) is 46.0 Å². The number of aromatic nitrogens is 7. The molecule has 1 N–H and O–H groups in total. The van der Waals surface area contributed by atoms with Crippen molar-refractivity contribution < 1.29 is 14.0 Å². The van der Waals surface area contributed by atoms with Crippen LogP contribution in [-0.4, -0.2) is 39.4 Å². The average Bonchev–Trinajstić information content (AvgIpc) is 3.41. The van der Waals surface area contributed by atoms with Crippen LogP contribution in [0, 0.1) is 5.82 Å². The third-order valence-electron chi connectivity index (χ3n) is 4.68. The van der Waals surface area contributed by atoms with E-state index in [9.17, 15) is 14.3 Å². The smallest absolute Gasteiger partial charge is 0.277 e. The van der Waals surface area contributed by atoms with Gasteiger partial charge in [-0.25, -0.2) is 13.9 Å². The predicted octanol–water partition coefficient (Wildman–Crippen LogP) is 1.68. The predicted molar refractivity (Wildman–Crippen MR) is 105 cm³/mol. The zero-order chi connectivity index (χ0) is 21.4. The topological polar surface area (TPSA) is 124 Å². The Labute approximate surface area is 173 Å². The lowest BCUT2D eigenvalue weighted by Crippen LogP contribution is -2.22. The van der Waals surface area contributed by atoms with E-state index in [0.29, 0.717) is 22.5 Å². The van der Waals surface area contributed by atoms with Crippen molar-refractivity contribution in [1.82, 2.24) is 34.3 Å². The molecule has 0 saturated heterocycles. The van der Waals surface area contributed by atoms with Gasteiger partial charge in [-0.1, -0.05) is 17.3 Å². The van der Waals surface area contributed by atoms with E-state index < -0.39 is 18.0 Å². The Bertz CT molecular complexity index is 1440. The van der Waals surface area contributed by atoms with Gasteiger partial charge in [-0.2, -0.15) is 10.1 Å². The highest BCUT2D eigenvalue weighted by atomic mass is 19.1. The summed E-state index contributed by atoms with van der Waals surface area (Å²) in [4.78, 5) is 25.4. The molecule has 0 atom stereocenters. The van der Waals surface area contributed by atoms with Gasteiger partial charge in [0.05, 0.1) is 18.5 Å². The molecule has 4 aromatic heterocycles. The lowest BCUT2D eigenvalue weighted by Gasteiger charge is -2.03. The molecular formula is C20H14FN7O3. The van der Waals surface area contributed by atoms with Crippen molar-refractivity contribution in [1.29, 1.82) is 0 Å². The van der Waals surface area contributed by atoms with Gasteiger partial charge in [0.1, 0.15) is 23.6 Å². The molecule has 0 aliphatic carbocycles. The van der Waals surface area contributed by atoms with Crippen LogP contribution in [0.25, 0.3) is 28.3 Å². The SMILES string of the molecule is O=c1c2c(CO)c(-c3cccc(F)c3)nn2ccn1Cc1nc(-c2cnccn2)no1.